The summed E-state index contributed by atoms with van der Waals surface area (Å²) < 4.78 is 10.1. The van der Waals surface area contributed by atoms with Crippen LogP contribution in [0.3, 0.4) is 0 Å². The largest absolute Gasteiger partial charge is 0.482 e. The third kappa shape index (κ3) is 4.07. The Morgan fingerprint density at radius 3 is 2.83 bits per heavy atom. The number of anilines is 1. The fourth-order valence-corrected chi connectivity index (χ4v) is 2.31. The second kappa shape index (κ2) is 7.73. The SMILES string of the molecule is CCOC(=O)CCC(=O)c1ccc2c(c1)N(CCO)C(=O)CO2. The number of rotatable bonds is 7. The molecule has 0 unspecified atom stereocenters. The number of aliphatic hydroxyl groups is 1. The molecule has 124 valence electrons. The summed E-state index contributed by atoms with van der Waals surface area (Å²) in [4.78, 5) is 36.7. The normalized spacial score (nSPS) is 13.3. The molecular formula is C16H19NO6. The van der Waals surface area contributed by atoms with Gasteiger partial charge in [0, 0.05) is 18.5 Å². The van der Waals surface area contributed by atoms with Crippen molar-refractivity contribution in [1.82, 2.24) is 0 Å². The number of carbonyl (C=O) groups is 3. The highest BCUT2D eigenvalue weighted by atomic mass is 16.5. The number of hydrogen-bond donors (Lipinski definition) is 1. The molecule has 0 saturated carbocycles. The lowest BCUT2D eigenvalue weighted by Gasteiger charge is -2.29. The van der Waals surface area contributed by atoms with E-state index in [9.17, 15) is 14.4 Å². The Labute approximate surface area is 133 Å². The molecule has 23 heavy (non-hydrogen) atoms. The number of ether oxygens (including phenoxy) is 2. The Morgan fingerprint density at radius 1 is 1.35 bits per heavy atom. The van der Waals surface area contributed by atoms with Crippen molar-refractivity contribution in [2.45, 2.75) is 19.8 Å². The van der Waals surface area contributed by atoms with Gasteiger partial charge in [0.2, 0.25) is 0 Å². The maximum absolute atomic E-state index is 12.2. The zero-order valence-corrected chi connectivity index (χ0v) is 12.9. The number of β-amino-alcohol motifs (C(OH)–C–C–N with tert-alkyl or cyclic N) is 1. The second-order valence-electron chi connectivity index (χ2n) is 4.97. The quantitative estimate of drug-likeness (QED) is 0.593. The van der Waals surface area contributed by atoms with Crippen molar-refractivity contribution in [3.05, 3.63) is 23.8 Å². The summed E-state index contributed by atoms with van der Waals surface area (Å²) in [6.07, 6.45) is 0.0476. The first kappa shape index (κ1) is 17.0. The average Bonchev–Trinajstić information content (AvgIpc) is 2.55. The number of benzene rings is 1. The standard InChI is InChI=1S/C16H19NO6/c1-2-22-16(21)6-4-13(19)11-3-5-14-12(9-11)17(7-8-18)15(20)10-23-14/h3,5,9,18H,2,4,6-8,10H2,1H3. The summed E-state index contributed by atoms with van der Waals surface area (Å²) >= 11 is 0. The van der Waals surface area contributed by atoms with Crippen LogP contribution in [0.15, 0.2) is 18.2 Å². The van der Waals surface area contributed by atoms with E-state index >= 15 is 0 Å². The number of amides is 1. The van der Waals surface area contributed by atoms with Gasteiger partial charge >= 0.3 is 5.97 Å². The average molecular weight is 321 g/mol. The molecule has 7 nitrogen and oxygen atoms in total. The molecule has 0 atom stereocenters. The van der Waals surface area contributed by atoms with Crippen LogP contribution in [0.1, 0.15) is 30.1 Å². The molecule has 1 aliphatic heterocycles. The van der Waals surface area contributed by atoms with Gasteiger partial charge in [-0.1, -0.05) is 0 Å². The maximum Gasteiger partial charge on any atom is 0.306 e. The van der Waals surface area contributed by atoms with E-state index in [1.54, 1.807) is 25.1 Å². The molecule has 0 aromatic heterocycles. The smallest absolute Gasteiger partial charge is 0.306 e. The number of fused-ring (bicyclic) bond motifs is 1. The van der Waals surface area contributed by atoms with E-state index in [0.29, 0.717) is 17.0 Å². The van der Waals surface area contributed by atoms with Gasteiger partial charge in [-0.3, -0.25) is 14.4 Å². The van der Waals surface area contributed by atoms with Crippen LogP contribution in [-0.2, 0) is 14.3 Å². The van der Waals surface area contributed by atoms with Gasteiger partial charge in [-0.2, -0.15) is 0 Å². The van der Waals surface area contributed by atoms with Crippen LogP contribution < -0.4 is 9.64 Å². The molecule has 0 fully saturated rings. The Balaban J connectivity index is 2.14. The molecule has 1 aliphatic rings. The molecule has 1 aromatic carbocycles. The Morgan fingerprint density at radius 2 is 2.13 bits per heavy atom. The van der Waals surface area contributed by atoms with Crippen molar-refractivity contribution in [1.29, 1.82) is 0 Å². The van der Waals surface area contributed by atoms with Gasteiger partial charge in [0.05, 0.1) is 25.3 Å². The first-order valence-corrected chi connectivity index (χ1v) is 7.43. The molecule has 0 spiro atoms. The topological polar surface area (TPSA) is 93.1 Å². The molecule has 1 amide bonds. The lowest BCUT2D eigenvalue weighted by atomic mass is 10.0. The molecule has 0 saturated heterocycles. The van der Waals surface area contributed by atoms with E-state index in [1.807, 2.05) is 0 Å². The number of esters is 1. The third-order valence-corrected chi connectivity index (χ3v) is 3.41. The van der Waals surface area contributed by atoms with Crippen molar-refractivity contribution in [3.63, 3.8) is 0 Å². The number of ketones is 1. The predicted octanol–water partition coefficient (Wildman–Crippen LogP) is 0.930. The predicted molar refractivity (Wildman–Crippen MR) is 81.6 cm³/mol. The molecule has 1 heterocycles. The number of carbonyl (C=O) groups excluding carboxylic acids is 3. The minimum Gasteiger partial charge on any atom is -0.482 e. The monoisotopic (exact) mass is 321 g/mol. The van der Waals surface area contributed by atoms with Gasteiger partial charge in [0.25, 0.3) is 5.91 Å². The number of nitrogens with zero attached hydrogens (tertiary/aromatic N) is 1. The van der Waals surface area contributed by atoms with Crippen LogP contribution in [0, 0.1) is 0 Å². The van der Waals surface area contributed by atoms with Crippen LogP contribution in [0.2, 0.25) is 0 Å². The summed E-state index contributed by atoms with van der Waals surface area (Å²) in [5.74, 6) is -0.426. The minimum absolute atomic E-state index is 0.0134. The van der Waals surface area contributed by atoms with Crippen molar-refractivity contribution >= 4 is 23.3 Å². The fraction of sp³-hybridized carbons (Fsp3) is 0.438. The van der Waals surface area contributed by atoms with E-state index < -0.39 is 5.97 Å². The third-order valence-electron chi connectivity index (χ3n) is 3.41. The van der Waals surface area contributed by atoms with Crippen LogP contribution in [0.25, 0.3) is 0 Å². The van der Waals surface area contributed by atoms with E-state index in [-0.39, 0.29) is 50.9 Å². The van der Waals surface area contributed by atoms with Gasteiger partial charge in [0.15, 0.2) is 12.4 Å². The number of Topliss-reactive ketones (excluding diaryl/α,β-unsaturated/α-hetero) is 1. The molecule has 1 aromatic rings. The van der Waals surface area contributed by atoms with Gasteiger partial charge in [0.1, 0.15) is 5.75 Å². The van der Waals surface area contributed by atoms with Gasteiger partial charge in [-0.15, -0.1) is 0 Å². The van der Waals surface area contributed by atoms with E-state index in [1.165, 1.54) is 4.90 Å². The van der Waals surface area contributed by atoms with Crippen LogP contribution in [-0.4, -0.2) is 49.1 Å². The maximum atomic E-state index is 12.2. The highest BCUT2D eigenvalue weighted by molar-refractivity contribution is 6.02. The molecule has 0 aliphatic carbocycles. The molecule has 2 rings (SSSR count). The summed E-state index contributed by atoms with van der Waals surface area (Å²) in [5, 5.41) is 9.08. The van der Waals surface area contributed by atoms with Crippen molar-refractivity contribution < 1.29 is 29.0 Å². The van der Waals surface area contributed by atoms with Gasteiger partial charge < -0.3 is 19.5 Å². The van der Waals surface area contributed by atoms with Crippen molar-refractivity contribution in [2.24, 2.45) is 0 Å². The second-order valence-corrected chi connectivity index (χ2v) is 4.97. The first-order chi connectivity index (χ1) is 11.1. The summed E-state index contributed by atoms with van der Waals surface area (Å²) in [6, 6.07) is 4.76. The van der Waals surface area contributed by atoms with Gasteiger partial charge in [-0.05, 0) is 25.1 Å². The molecule has 0 bridgehead atoms. The van der Waals surface area contributed by atoms with Crippen LogP contribution >= 0.6 is 0 Å². The highest BCUT2D eigenvalue weighted by Gasteiger charge is 2.26. The summed E-state index contributed by atoms with van der Waals surface area (Å²) in [6.45, 7) is 1.84. The Bertz CT molecular complexity index is 613. The lowest BCUT2D eigenvalue weighted by Crippen LogP contribution is -2.40. The van der Waals surface area contributed by atoms with Crippen LogP contribution in [0.5, 0.6) is 5.75 Å². The summed E-state index contributed by atoms with van der Waals surface area (Å²) in [7, 11) is 0. The molecular weight excluding hydrogens is 302 g/mol. The summed E-state index contributed by atoms with van der Waals surface area (Å²) in [5.41, 5.74) is 0.839. The first-order valence-electron chi connectivity index (χ1n) is 7.43. The van der Waals surface area contributed by atoms with E-state index in [2.05, 4.69) is 0 Å². The zero-order chi connectivity index (χ0) is 16.8. The highest BCUT2D eigenvalue weighted by Crippen LogP contribution is 2.33. The van der Waals surface area contributed by atoms with Crippen molar-refractivity contribution in [2.75, 3.05) is 31.3 Å². The lowest BCUT2D eigenvalue weighted by molar-refractivity contribution is -0.143. The fourth-order valence-electron chi connectivity index (χ4n) is 2.31. The van der Waals surface area contributed by atoms with Gasteiger partial charge in [-0.25, -0.2) is 0 Å². The van der Waals surface area contributed by atoms with Crippen molar-refractivity contribution in [3.8, 4) is 5.75 Å². The number of hydrogen-bond acceptors (Lipinski definition) is 6. The molecule has 1 N–H and O–H groups in total. The van der Waals surface area contributed by atoms with E-state index in [4.69, 9.17) is 14.6 Å². The number of aliphatic hydroxyl groups excluding tert-OH is 1. The Hall–Kier alpha value is -2.41. The molecule has 7 heteroatoms. The van der Waals surface area contributed by atoms with E-state index in [0.717, 1.165) is 0 Å². The minimum atomic E-state index is -0.417. The van der Waals surface area contributed by atoms with Crippen LogP contribution in [0.4, 0.5) is 5.69 Å². The Kier molecular flexibility index (Phi) is 5.70. The molecule has 0 radical (unpaired) electrons. The zero-order valence-electron chi connectivity index (χ0n) is 12.9.